The van der Waals surface area contributed by atoms with Crippen molar-refractivity contribution in [2.24, 2.45) is 0 Å². The van der Waals surface area contributed by atoms with Crippen molar-refractivity contribution in [3.63, 3.8) is 0 Å². The number of rotatable bonds is 2. The minimum absolute atomic E-state index is 0.0648. The first-order valence-electron chi connectivity index (χ1n) is 8.00. The minimum Gasteiger partial charge on any atom is -0.444 e. The molecule has 122 valence electrons. The van der Waals surface area contributed by atoms with Crippen LogP contribution in [0.25, 0.3) is 0 Å². The number of carbonyl (C=O) groups is 1. The summed E-state index contributed by atoms with van der Waals surface area (Å²) in [6.07, 6.45) is 3.41. The Hall–Kier alpha value is -1.79. The van der Waals surface area contributed by atoms with E-state index < -0.39 is 5.60 Å². The molecule has 3 rings (SSSR count). The number of aromatic nitrogens is 3. The molecule has 0 radical (unpaired) electrons. The van der Waals surface area contributed by atoms with Crippen LogP contribution in [0.3, 0.4) is 0 Å². The van der Waals surface area contributed by atoms with E-state index in [1.165, 1.54) is 0 Å². The number of carbonyl (C=O) groups excluding carboxylic acids is 1. The van der Waals surface area contributed by atoms with E-state index in [2.05, 4.69) is 10.1 Å². The molecule has 1 N–H and O–H groups in total. The van der Waals surface area contributed by atoms with E-state index in [9.17, 15) is 9.59 Å². The summed E-state index contributed by atoms with van der Waals surface area (Å²) in [4.78, 5) is 28.6. The molecule has 1 saturated carbocycles. The van der Waals surface area contributed by atoms with Gasteiger partial charge in [-0.05, 0) is 46.5 Å². The molecule has 22 heavy (non-hydrogen) atoms. The Bertz CT molecular complexity index is 601. The molecule has 7 nitrogen and oxygen atoms in total. The van der Waals surface area contributed by atoms with Crippen molar-refractivity contribution in [3.8, 4) is 0 Å². The van der Waals surface area contributed by atoms with Crippen LogP contribution in [0, 0.1) is 0 Å². The van der Waals surface area contributed by atoms with Gasteiger partial charge in [-0.3, -0.25) is 4.98 Å². The lowest BCUT2D eigenvalue weighted by Crippen LogP contribution is -2.43. The smallest absolute Gasteiger partial charge is 0.410 e. The molecular formula is C15H24N4O3. The summed E-state index contributed by atoms with van der Waals surface area (Å²) in [5.74, 6) is 1.26. The Kier molecular flexibility index (Phi) is 3.74. The number of aromatic amines is 1. The van der Waals surface area contributed by atoms with Crippen LogP contribution in [0.4, 0.5) is 4.79 Å². The van der Waals surface area contributed by atoms with Crippen molar-refractivity contribution in [3.05, 3.63) is 16.3 Å². The average Bonchev–Trinajstić information content (AvgIpc) is 3.20. The number of amides is 1. The van der Waals surface area contributed by atoms with Gasteiger partial charge < -0.3 is 9.64 Å². The lowest BCUT2D eigenvalue weighted by Gasteiger charge is -2.33. The fraction of sp³-hybridized carbons (Fsp3) is 0.800. The molecule has 0 atom stereocenters. The van der Waals surface area contributed by atoms with Gasteiger partial charge in [0.05, 0.1) is 6.04 Å². The summed E-state index contributed by atoms with van der Waals surface area (Å²) in [7, 11) is 0. The van der Waals surface area contributed by atoms with Crippen molar-refractivity contribution in [2.45, 2.75) is 64.0 Å². The van der Waals surface area contributed by atoms with Crippen LogP contribution in [0.2, 0.25) is 0 Å². The molecule has 2 fully saturated rings. The van der Waals surface area contributed by atoms with Crippen LogP contribution < -0.4 is 5.69 Å². The van der Waals surface area contributed by atoms with Gasteiger partial charge in [0, 0.05) is 19.0 Å². The Morgan fingerprint density at radius 2 is 1.86 bits per heavy atom. The first kappa shape index (κ1) is 15.1. The molecule has 2 aliphatic rings. The monoisotopic (exact) mass is 308 g/mol. The third-order valence-corrected chi connectivity index (χ3v) is 4.08. The Labute approximate surface area is 129 Å². The van der Waals surface area contributed by atoms with Crippen LogP contribution in [0.1, 0.15) is 64.2 Å². The van der Waals surface area contributed by atoms with Crippen LogP contribution in [-0.4, -0.2) is 44.4 Å². The molecule has 1 aliphatic carbocycles. The summed E-state index contributed by atoms with van der Waals surface area (Å²) in [5.41, 5.74) is -0.607. The highest BCUT2D eigenvalue weighted by Crippen LogP contribution is 2.37. The number of nitrogens with one attached hydrogen (secondary N) is 1. The maximum atomic E-state index is 12.0. The molecule has 1 aliphatic heterocycles. The summed E-state index contributed by atoms with van der Waals surface area (Å²) in [5, 5.41) is 4.44. The number of H-pyrrole nitrogens is 1. The molecule has 2 heterocycles. The minimum atomic E-state index is -0.480. The molecule has 1 aromatic rings. The van der Waals surface area contributed by atoms with E-state index in [4.69, 9.17) is 4.74 Å². The van der Waals surface area contributed by atoms with E-state index in [0.717, 1.165) is 31.5 Å². The number of ether oxygens (including phenoxy) is 1. The van der Waals surface area contributed by atoms with E-state index >= 15 is 0 Å². The van der Waals surface area contributed by atoms with Crippen LogP contribution in [0.5, 0.6) is 0 Å². The van der Waals surface area contributed by atoms with Gasteiger partial charge in [-0.25, -0.2) is 14.3 Å². The van der Waals surface area contributed by atoms with Crippen LogP contribution in [0.15, 0.2) is 4.79 Å². The molecule has 1 amide bonds. The number of piperidine rings is 1. The second-order valence-corrected chi connectivity index (χ2v) is 7.23. The van der Waals surface area contributed by atoms with E-state index in [0.29, 0.717) is 19.0 Å². The quantitative estimate of drug-likeness (QED) is 0.906. The zero-order valence-electron chi connectivity index (χ0n) is 13.5. The van der Waals surface area contributed by atoms with Crippen molar-refractivity contribution >= 4 is 6.09 Å². The highest BCUT2D eigenvalue weighted by Gasteiger charge is 2.31. The van der Waals surface area contributed by atoms with Crippen molar-refractivity contribution in [1.29, 1.82) is 0 Å². The van der Waals surface area contributed by atoms with Crippen molar-refractivity contribution < 1.29 is 9.53 Å². The second kappa shape index (κ2) is 5.44. The molecule has 0 unspecified atom stereocenters. The fourth-order valence-electron chi connectivity index (χ4n) is 2.76. The molecule has 0 spiro atoms. The zero-order chi connectivity index (χ0) is 15.9. The van der Waals surface area contributed by atoms with Gasteiger partial charge in [0.2, 0.25) is 0 Å². The van der Waals surface area contributed by atoms with Gasteiger partial charge in [-0.15, -0.1) is 0 Å². The Morgan fingerprint density at radius 3 is 2.41 bits per heavy atom. The topological polar surface area (TPSA) is 80.2 Å². The first-order valence-corrected chi connectivity index (χ1v) is 8.00. The van der Waals surface area contributed by atoms with Gasteiger partial charge in [0.25, 0.3) is 0 Å². The largest absolute Gasteiger partial charge is 0.444 e. The molecular weight excluding hydrogens is 284 g/mol. The van der Waals surface area contributed by atoms with Crippen molar-refractivity contribution in [1.82, 2.24) is 19.7 Å². The molecule has 1 aromatic heterocycles. The summed E-state index contributed by atoms with van der Waals surface area (Å²) in [6.45, 7) is 6.77. The maximum absolute atomic E-state index is 12.0. The van der Waals surface area contributed by atoms with E-state index in [-0.39, 0.29) is 17.8 Å². The van der Waals surface area contributed by atoms with Gasteiger partial charge >= 0.3 is 11.8 Å². The maximum Gasteiger partial charge on any atom is 0.410 e. The number of likely N-dealkylation sites (tertiary alicyclic amines) is 1. The Balaban J connectivity index is 1.59. The second-order valence-electron chi connectivity index (χ2n) is 7.23. The highest BCUT2D eigenvalue weighted by molar-refractivity contribution is 5.68. The third kappa shape index (κ3) is 3.34. The zero-order valence-corrected chi connectivity index (χ0v) is 13.5. The van der Waals surface area contributed by atoms with Gasteiger partial charge in [0.15, 0.2) is 0 Å². The SMILES string of the molecule is CC(C)(C)OC(=O)N1CCC(n2nc(C3CC3)[nH]c2=O)CC1. The number of hydrogen-bond donors (Lipinski definition) is 1. The summed E-state index contributed by atoms with van der Waals surface area (Å²) >= 11 is 0. The lowest BCUT2D eigenvalue weighted by molar-refractivity contribution is 0.0183. The van der Waals surface area contributed by atoms with E-state index in [1.807, 2.05) is 20.8 Å². The van der Waals surface area contributed by atoms with Gasteiger partial charge in [-0.2, -0.15) is 5.10 Å². The molecule has 1 saturated heterocycles. The highest BCUT2D eigenvalue weighted by atomic mass is 16.6. The van der Waals surface area contributed by atoms with E-state index in [1.54, 1.807) is 9.58 Å². The normalized spacial score (nSPS) is 20.2. The van der Waals surface area contributed by atoms with Gasteiger partial charge in [0.1, 0.15) is 11.4 Å². The predicted molar refractivity (Wildman–Crippen MR) is 80.9 cm³/mol. The molecule has 0 bridgehead atoms. The van der Waals surface area contributed by atoms with Crippen molar-refractivity contribution in [2.75, 3.05) is 13.1 Å². The first-order chi connectivity index (χ1) is 10.3. The van der Waals surface area contributed by atoms with Gasteiger partial charge in [-0.1, -0.05) is 0 Å². The Morgan fingerprint density at radius 1 is 1.23 bits per heavy atom. The van der Waals surface area contributed by atoms with Crippen LogP contribution >= 0.6 is 0 Å². The lowest BCUT2D eigenvalue weighted by atomic mass is 10.1. The molecule has 0 aromatic carbocycles. The summed E-state index contributed by atoms with van der Waals surface area (Å²) < 4.78 is 6.95. The average molecular weight is 308 g/mol. The fourth-order valence-corrected chi connectivity index (χ4v) is 2.76. The third-order valence-electron chi connectivity index (χ3n) is 4.08. The summed E-state index contributed by atoms with van der Waals surface area (Å²) in [6, 6.07) is 0.0648. The standard InChI is InChI=1S/C15H24N4O3/c1-15(2,3)22-14(21)18-8-6-11(7-9-18)19-13(20)16-12(17-19)10-4-5-10/h10-11H,4-9H2,1-3H3,(H,16,17,20). The number of nitrogens with zero attached hydrogens (tertiary/aromatic N) is 3. The van der Waals surface area contributed by atoms with Crippen LogP contribution in [-0.2, 0) is 4.74 Å². The number of hydrogen-bond acceptors (Lipinski definition) is 4. The predicted octanol–water partition coefficient (Wildman–Crippen LogP) is 2.02. The molecule has 7 heteroatoms.